The van der Waals surface area contributed by atoms with Gasteiger partial charge in [0.25, 0.3) is 0 Å². The maximum atomic E-state index is 12.1. The number of carbonyl (C=O) groups excluding carboxylic acids is 2. The van der Waals surface area contributed by atoms with E-state index in [2.05, 4.69) is 5.32 Å². The van der Waals surface area contributed by atoms with Crippen LogP contribution >= 0.6 is 0 Å². The normalized spacial score (nSPS) is 24.4. The van der Waals surface area contributed by atoms with Crippen molar-refractivity contribution in [1.82, 2.24) is 10.2 Å². The van der Waals surface area contributed by atoms with Crippen molar-refractivity contribution in [1.29, 1.82) is 0 Å². The van der Waals surface area contributed by atoms with Gasteiger partial charge in [0, 0.05) is 6.54 Å². The summed E-state index contributed by atoms with van der Waals surface area (Å²) in [6, 6.07) is -0.625. The van der Waals surface area contributed by atoms with E-state index in [0.717, 1.165) is 25.7 Å². The average molecular weight is 253 g/mol. The molecule has 1 saturated heterocycles. The molecule has 3 amide bonds. The highest BCUT2D eigenvalue weighted by Gasteiger charge is 2.50. The first-order valence-electron chi connectivity index (χ1n) is 6.84. The van der Waals surface area contributed by atoms with Gasteiger partial charge < -0.3 is 16.0 Å². The molecule has 0 radical (unpaired) electrons. The number of rotatable bonds is 3. The van der Waals surface area contributed by atoms with E-state index in [-0.39, 0.29) is 17.5 Å². The molecule has 1 atom stereocenters. The first-order chi connectivity index (χ1) is 8.48. The number of carbonyl (C=O) groups is 2. The minimum absolute atomic E-state index is 0.0464. The largest absolute Gasteiger partial charge is 0.368 e. The molecule has 0 aromatic carbocycles. The van der Waals surface area contributed by atoms with E-state index in [1.54, 1.807) is 4.90 Å². The van der Waals surface area contributed by atoms with Crippen molar-refractivity contribution in [3.63, 3.8) is 0 Å². The van der Waals surface area contributed by atoms with Crippen LogP contribution in [0.25, 0.3) is 0 Å². The second-order valence-corrected chi connectivity index (χ2v) is 5.90. The van der Waals surface area contributed by atoms with Gasteiger partial charge in [0.15, 0.2) is 0 Å². The second kappa shape index (κ2) is 4.78. The van der Waals surface area contributed by atoms with Gasteiger partial charge in [-0.15, -0.1) is 0 Å². The van der Waals surface area contributed by atoms with Gasteiger partial charge in [-0.25, -0.2) is 4.79 Å². The third-order valence-corrected chi connectivity index (χ3v) is 4.28. The van der Waals surface area contributed by atoms with Crippen molar-refractivity contribution < 1.29 is 9.59 Å². The van der Waals surface area contributed by atoms with Gasteiger partial charge in [0.1, 0.15) is 6.04 Å². The monoisotopic (exact) mass is 253 g/mol. The molecule has 3 N–H and O–H groups in total. The standard InChI is InChI=1S/C13H23N3O2/c1-9(2)10(11(14)17)16-12(18)15-8-13(16)6-4-3-5-7-13/h9-10H,3-8H2,1-2H3,(H2,14,17)(H,15,18). The topological polar surface area (TPSA) is 75.4 Å². The average Bonchev–Trinajstić information content (AvgIpc) is 2.59. The van der Waals surface area contributed by atoms with Crippen LogP contribution in [0.5, 0.6) is 0 Å². The first-order valence-corrected chi connectivity index (χ1v) is 6.84. The van der Waals surface area contributed by atoms with Crippen molar-refractivity contribution >= 4 is 11.9 Å². The second-order valence-electron chi connectivity index (χ2n) is 5.90. The molecule has 1 aliphatic carbocycles. The Labute approximate surface area is 108 Å². The van der Waals surface area contributed by atoms with Crippen LogP contribution in [0.15, 0.2) is 0 Å². The van der Waals surface area contributed by atoms with Crippen molar-refractivity contribution in [2.45, 2.75) is 57.5 Å². The summed E-state index contributed by atoms with van der Waals surface area (Å²) in [6.45, 7) is 4.54. The summed E-state index contributed by atoms with van der Waals surface area (Å²) in [5.41, 5.74) is 5.33. The molecule has 2 aliphatic rings. The molecule has 5 heteroatoms. The molecule has 1 saturated carbocycles. The number of nitrogens with two attached hydrogens (primary N) is 1. The van der Waals surface area contributed by atoms with E-state index in [9.17, 15) is 9.59 Å². The predicted molar refractivity (Wildman–Crippen MR) is 68.9 cm³/mol. The van der Waals surface area contributed by atoms with Crippen LogP contribution in [-0.2, 0) is 4.79 Å². The van der Waals surface area contributed by atoms with Crippen LogP contribution in [0.1, 0.15) is 46.0 Å². The molecule has 2 rings (SSSR count). The van der Waals surface area contributed by atoms with Gasteiger partial charge >= 0.3 is 6.03 Å². The SMILES string of the molecule is CC(C)C(C(N)=O)N1C(=O)NCC12CCCCC2. The number of urea groups is 1. The number of hydrogen-bond donors (Lipinski definition) is 2. The van der Waals surface area contributed by atoms with E-state index in [1.807, 2.05) is 13.8 Å². The van der Waals surface area contributed by atoms with E-state index >= 15 is 0 Å². The maximum absolute atomic E-state index is 12.1. The molecular formula is C13H23N3O2. The van der Waals surface area contributed by atoms with E-state index < -0.39 is 11.9 Å². The summed E-state index contributed by atoms with van der Waals surface area (Å²) in [4.78, 5) is 25.6. The van der Waals surface area contributed by atoms with Crippen LogP contribution in [0.2, 0.25) is 0 Å². The lowest BCUT2D eigenvalue weighted by Crippen LogP contribution is -2.59. The Balaban J connectivity index is 2.31. The predicted octanol–water partition coefficient (Wildman–Crippen LogP) is 1.22. The lowest BCUT2D eigenvalue weighted by atomic mass is 9.79. The zero-order chi connectivity index (χ0) is 13.3. The van der Waals surface area contributed by atoms with Gasteiger partial charge in [-0.2, -0.15) is 0 Å². The third-order valence-electron chi connectivity index (χ3n) is 4.28. The third kappa shape index (κ3) is 2.06. The molecule has 1 aliphatic heterocycles. The van der Waals surface area contributed by atoms with Gasteiger partial charge in [-0.3, -0.25) is 4.79 Å². The molecule has 18 heavy (non-hydrogen) atoms. The molecule has 0 bridgehead atoms. The Morgan fingerprint density at radius 2 is 1.94 bits per heavy atom. The molecule has 1 unspecified atom stereocenters. The number of nitrogens with zero attached hydrogens (tertiary/aromatic N) is 1. The Hall–Kier alpha value is -1.26. The maximum Gasteiger partial charge on any atom is 0.318 e. The highest BCUT2D eigenvalue weighted by atomic mass is 16.2. The smallest absolute Gasteiger partial charge is 0.318 e. The molecule has 0 aromatic rings. The molecule has 1 spiro atoms. The lowest BCUT2D eigenvalue weighted by molar-refractivity contribution is -0.125. The summed E-state index contributed by atoms with van der Waals surface area (Å²) < 4.78 is 0. The molecule has 5 nitrogen and oxygen atoms in total. The molecule has 1 heterocycles. The zero-order valence-electron chi connectivity index (χ0n) is 11.2. The van der Waals surface area contributed by atoms with Crippen molar-refractivity contribution in [2.75, 3.05) is 6.54 Å². The van der Waals surface area contributed by atoms with Crippen LogP contribution in [0.4, 0.5) is 4.79 Å². The molecular weight excluding hydrogens is 230 g/mol. The Morgan fingerprint density at radius 3 is 2.44 bits per heavy atom. The number of primary amides is 1. The van der Waals surface area contributed by atoms with Gasteiger partial charge in [-0.05, 0) is 18.8 Å². The minimum Gasteiger partial charge on any atom is -0.368 e. The number of nitrogens with one attached hydrogen (secondary N) is 1. The Morgan fingerprint density at radius 1 is 1.33 bits per heavy atom. The molecule has 102 valence electrons. The first kappa shape index (κ1) is 13.2. The van der Waals surface area contributed by atoms with Crippen molar-refractivity contribution in [3.8, 4) is 0 Å². The highest BCUT2D eigenvalue weighted by Crippen LogP contribution is 2.38. The summed E-state index contributed by atoms with van der Waals surface area (Å²) in [5.74, 6) is -0.350. The van der Waals surface area contributed by atoms with Crippen LogP contribution in [0.3, 0.4) is 0 Å². The van der Waals surface area contributed by atoms with Gasteiger partial charge in [-0.1, -0.05) is 33.1 Å². The number of amides is 3. The van der Waals surface area contributed by atoms with Crippen molar-refractivity contribution in [3.05, 3.63) is 0 Å². The van der Waals surface area contributed by atoms with Crippen LogP contribution in [-0.4, -0.2) is 35.0 Å². The summed E-state index contributed by atoms with van der Waals surface area (Å²) >= 11 is 0. The van der Waals surface area contributed by atoms with Gasteiger partial charge in [0.2, 0.25) is 5.91 Å². The van der Waals surface area contributed by atoms with Crippen LogP contribution in [0, 0.1) is 5.92 Å². The zero-order valence-corrected chi connectivity index (χ0v) is 11.2. The summed E-state index contributed by atoms with van der Waals surface area (Å²) in [6.07, 6.45) is 5.40. The lowest BCUT2D eigenvalue weighted by Gasteiger charge is -2.44. The summed E-state index contributed by atoms with van der Waals surface area (Å²) in [7, 11) is 0. The number of hydrogen-bond acceptors (Lipinski definition) is 2. The molecule has 0 aromatic heterocycles. The fourth-order valence-electron chi connectivity index (χ4n) is 3.43. The fraction of sp³-hybridized carbons (Fsp3) is 0.846. The quantitative estimate of drug-likeness (QED) is 0.793. The minimum atomic E-state index is -0.495. The van der Waals surface area contributed by atoms with E-state index in [1.165, 1.54) is 6.42 Å². The fourth-order valence-corrected chi connectivity index (χ4v) is 3.43. The van der Waals surface area contributed by atoms with Crippen LogP contribution < -0.4 is 11.1 Å². The van der Waals surface area contributed by atoms with Gasteiger partial charge in [0.05, 0.1) is 5.54 Å². The Kier molecular flexibility index (Phi) is 3.50. The molecule has 2 fully saturated rings. The van der Waals surface area contributed by atoms with E-state index in [4.69, 9.17) is 5.73 Å². The van der Waals surface area contributed by atoms with Crippen molar-refractivity contribution in [2.24, 2.45) is 11.7 Å². The van der Waals surface area contributed by atoms with E-state index in [0.29, 0.717) is 6.54 Å². The highest BCUT2D eigenvalue weighted by molar-refractivity contribution is 5.88. The summed E-state index contributed by atoms with van der Waals surface area (Å²) in [5, 5.41) is 2.90. The Bertz CT molecular complexity index is 348.